The maximum Gasteiger partial charge on any atom is 2.00 e. The van der Waals surface area contributed by atoms with E-state index in [1.54, 1.807) is 6.92 Å². The van der Waals surface area contributed by atoms with Gasteiger partial charge < -0.3 is 19.8 Å². The summed E-state index contributed by atoms with van der Waals surface area (Å²) >= 11 is 2.99. The van der Waals surface area contributed by atoms with Gasteiger partial charge in [0.15, 0.2) is 0 Å². The number of carboxylic acids is 2. The first-order valence-electron chi connectivity index (χ1n) is 3.42. The van der Waals surface area contributed by atoms with E-state index in [9.17, 15) is 19.8 Å². The van der Waals surface area contributed by atoms with Crippen LogP contribution in [0.5, 0.6) is 0 Å². The Kier molecular flexibility index (Phi) is 17.1. The minimum Gasteiger partial charge on any atom is -0.550 e. The van der Waals surface area contributed by atoms with Gasteiger partial charge in [0.05, 0.1) is 0 Å². The van der Waals surface area contributed by atoms with Crippen LogP contribution in [0, 0.1) is 5.92 Å². The molecule has 0 bridgehead atoms. The van der Waals surface area contributed by atoms with Gasteiger partial charge in [0.25, 0.3) is 0 Å². The molecule has 0 aliphatic carbocycles. The van der Waals surface area contributed by atoms with Crippen molar-refractivity contribution in [3.8, 4) is 0 Å². The van der Waals surface area contributed by atoms with E-state index in [-0.39, 0.29) is 28.8 Å². The van der Waals surface area contributed by atoms with Crippen molar-refractivity contribution in [2.75, 3.05) is 5.33 Å². The SMILES string of the molecule is CC(CBr)C(=O)[O-].CCC(=O)[O-].[Ni+2]. The summed E-state index contributed by atoms with van der Waals surface area (Å²) in [5.41, 5.74) is 0. The zero-order chi connectivity index (χ0) is 10.1. The first kappa shape index (κ1) is 18.6. The molecule has 80 valence electrons. The third-order valence-electron chi connectivity index (χ3n) is 0.922. The summed E-state index contributed by atoms with van der Waals surface area (Å²) in [5, 5.41) is 19.5. The number of aliphatic carboxylic acids is 2. The Morgan fingerprint density at radius 2 is 1.69 bits per heavy atom. The van der Waals surface area contributed by atoms with Crippen LogP contribution < -0.4 is 10.2 Å². The molecule has 13 heavy (non-hydrogen) atoms. The van der Waals surface area contributed by atoms with Gasteiger partial charge in [0.1, 0.15) is 0 Å². The first-order valence-corrected chi connectivity index (χ1v) is 4.54. The summed E-state index contributed by atoms with van der Waals surface area (Å²) in [6.45, 7) is 3.12. The normalized spacial score (nSPS) is 10.1. The van der Waals surface area contributed by atoms with E-state index in [1.165, 1.54) is 6.92 Å². The molecule has 0 N–H and O–H groups in total. The van der Waals surface area contributed by atoms with E-state index in [0.29, 0.717) is 5.33 Å². The van der Waals surface area contributed by atoms with E-state index < -0.39 is 11.9 Å². The summed E-state index contributed by atoms with van der Waals surface area (Å²) in [4.78, 5) is 19.0. The Balaban J connectivity index is -0.000000150. The molecule has 0 aliphatic rings. The van der Waals surface area contributed by atoms with E-state index in [1.807, 2.05) is 0 Å². The molecule has 0 aromatic rings. The Morgan fingerprint density at radius 1 is 1.38 bits per heavy atom. The van der Waals surface area contributed by atoms with Crippen molar-refractivity contribution in [3.63, 3.8) is 0 Å². The summed E-state index contributed by atoms with van der Waals surface area (Å²) < 4.78 is 0. The molecular formula is C7H11BrNiO4. The van der Waals surface area contributed by atoms with Gasteiger partial charge in [-0.05, 0) is 6.42 Å². The summed E-state index contributed by atoms with van der Waals surface area (Å²) in [6, 6.07) is 0. The molecule has 0 aliphatic heterocycles. The molecule has 0 saturated heterocycles. The van der Waals surface area contributed by atoms with Gasteiger partial charge in [-0.1, -0.05) is 29.8 Å². The molecule has 6 heteroatoms. The summed E-state index contributed by atoms with van der Waals surface area (Å²) in [7, 11) is 0. The van der Waals surface area contributed by atoms with Crippen molar-refractivity contribution in [1.29, 1.82) is 0 Å². The molecule has 0 spiro atoms. The largest absolute Gasteiger partial charge is 2.00 e. The predicted molar refractivity (Wildman–Crippen MR) is 43.3 cm³/mol. The first-order chi connectivity index (χ1) is 5.45. The Bertz CT molecular complexity index is 151. The number of hydrogen-bond acceptors (Lipinski definition) is 4. The molecule has 0 amide bonds. The molecule has 0 fully saturated rings. The van der Waals surface area contributed by atoms with Crippen molar-refractivity contribution < 1.29 is 36.3 Å². The maximum atomic E-state index is 9.79. The van der Waals surface area contributed by atoms with E-state index in [2.05, 4.69) is 15.9 Å². The fourth-order valence-electron chi connectivity index (χ4n) is 0.0630. The molecule has 1 atom stereocenters. The van der Waals surface area contributed by atoms with Crippen LogP contribution in [0.3, 0.4) is 0 Å². The fourth-order valence-corrected chi connectivity index (χ4v) is 0.327. The van der Waals surface area contributed by atoms with Gasteiger partial charge >= 0.3 is 16.5 Å². The molecule has 0 saturated carbocycles. The van der Waals surface area contributed by atoms with Gasteiger partial charge in [-0.3, -0.25) is 0 Å². The van der Waals surface area contributed by atoms with Crippen molar-refractivity contribution >= 4 is 27.9 Å². The number of alkyl halides is 1. The molecule has 0 aromatic heterocycles. The molecule has 0 heterocycles. The minimum absolute atomic E-state index is 0. The zero-order valence-corrected chi connectivity index (χ0v) is 9.89. The third kappa shape index (κ3) is 18.7. The second-order valence-electron chi connectivity index (χ2n) is 2.10. The van der Waals surface area contributed by atoms with Crippen LogP contribution in [-0.4, -0.2) is 17.3 Å². The average molecular weight is 298 g/mol. The summed E-state index contributed by atoms with van der Waals surface area (Å²) in [6.07, 6.45) is 0.111. The van der Waals surface area contributed by atoms with Crippen LogP contribution in [0.4, 0.5) is 0 Å². The minimum atomic E-state index is -1.00. The fraction of sp³-hybridized carbons (Fsp3) is 0.714. The Hall–Kier alpha value is -0.0865. The Morgan fingerprint density at radius 3 is 1.69 bits per heavy atom. The molecule has 0 aromatic carbocycles. The molecule has 4 nitrogen and oxygen atoms in total. The van der Waals surface area contributed by atoms with E-state index in [4.69, 9.17) is 0 Å². The molecular weight excluding hydrogens is 287 g/mol. The average Bonchev–Trinajstić information content (AvgIpc) is 2.04. The quantitative estimate of drug-likeness (QED) is 0.490. The number of carboxylic acid groups (broad SMARTS) is 2. The number of rotatable bonds is 3. The van der Waals surface area contributed by atoms with Crippen LogP contribution >= 0.6 is 15.9 Å². The van der Waals surface area contributed by atoms with Crippen LogP contribution in [0.25, 0.3) is 0 Å². The second-order valence-corrected chi connectivity index (χ2v) is 2.75. The maximum absolute atomic E-state index is 9.79. The Labute approximate surface area is 95.8 Å². The zero-order valence-electron chi connectivity index (χ0n) is 7.32. The van der Waals surface area contributed by atoms with Gasteiger partial charge in [0, 0.05) is 23.2 Å². The number of carbonyl (C=O) groups is 2. The monoisotopic (exact) mass is 296 g/mol. The molecule has 1 unspecified atom stereocenters. The summed E-state index contributed by atoms with van der Waals surface area (Å²) in [5.74, 6) is -2.37. The van der Waals surface area contributed by atoms with Crippen LogP contribution in [0.1, 0.15) is 20.3 Å². The van der Waals surface area contributed by atoms with Crippen LogP contribution in [0.2, 0.25) is 0 Å². The number of carbonyl (C=O) groups excluding carboxylic acids is 2. The smallest absolute Gasteiger partial charge is 0.550 e. The van der Waals surface area contributed by atoms with Gasteiger partial charge in [-0.2, -0.15) is 0 Å². The van der Waals surface area contributed by atoms with E-state index >= 15 is 0 Å². The topological polar surface area (TPSA) is 80.3 Å². The molecule has 0 radical (unpaired) electrons. The van der Waals surface area contributed by atoms with Crippen molar-refractivity contribution in [1.82, 2.24) is 0 Å². The molecule has 0 rings (SSSR count). The van der Waals surface area contributed by atoms with Gasteiger partial charge in [-0.15, -0.1) is 0 Å². The van der Waals surface area contributed by atoms with Crippen LogP contribution in [0.15, 0.2) is 0 Å². The standard InChI is InChI=1S/C4H7BrO2.C3H6O2.Ni/c1-3(2-5)4(6)7;1-2-3(4)5;/h3H,2H2,1H3,(H,6,7);2H2,1H3,(H,4,5);/q;;+2/p-2. The third-order valence-corrected chi connectivity index (χ3v) is 1.89. The van der Waals surface area contributed by atoms with Crippen molar-refractivity contribution in [3.05, 3.63) is 0 Å². The van der Waals surface area contributed by atoms with Crippen LogP contribution in [-0.2, 0) is 26.1 Å². The van der Waals surface area contributed by atoms with Crippen molar-refractivity contribution in [2.45, 2.75) is 20.3 Å². The van der Waals surface area contributed by atoms with Crippen molar-refractivity contribution in [2.24, 2.45) is 5.92 Å². The number of hydrogen-bond donors (Lipinski definition) is 0. The number of halogens is 1. The van der Waals surface area contributed by atoms with E-state index in [0.717, 1.165) is 0 Å². The van der Waals surface area contributed by atoms with Gasteiger partial charge in [0.2, 0.25) is 0 Å². The predicted octanol–water partition coefficient (Wildman–Crippen LogP) is -1.09. The van der Waals surface area contributed by atoms with Gasteiger partial charge in [-0.25, -0.2) is 0 Å². The second kappa shape index (κ2) is 11.9.